The molecule has 1 aliphatic heterocycles. The first kappa shape index (κ1) is 12.7. The van der Waals surface area contributed by atoms with Gasteiger partial charge >= 0.3 is 12.1 Å². The third-order valence-electron chi connectivity index (χ3n) is 3.28. The number of fused-ring (bicyclic) bond motifs is 1. The summed E-state index contributed by atoms with van der Waals surface area (Å²) in [5.74, 6) is -2.16. The molecular formula is C12H12F3NO2. The number of hydrogen-bond donors (Lipinski definition) is 2. The highest BCUT2D eigenvalue weighted by molar-refractivity contribution is 5.73. The standard InChI is InChI=1S/C12H12F3NO2/c1-6(11(17)18)9-5-16-10-3-2-7(4-8(9)10)12(13,14)15/h2-4,6,9,16H,5H2,1H3,(H,17,18). The Hall–Kier alpha value is -1.72. The Labute approximate surface area is 102 Å². The van der Waals surface area contributed by atoms with Crippen LogP contribution in [0.4, 0.5) is 18.9 Å². The van der Waals surface area contributed by atoms with Gasteiger partial charge in [0.1, 0.15) is 0 Å². The summed E-state index contributed by atoms with van der Waals surface area (Å²) in [5.41, 5.74) is 0.272. The number of rotatable bonds is 2. The molecule has 0 fully saturated rings. The summed E-state index contributed by atoms with van der Waals surface area (Å²) >= 11 is 0. The molecule has 2 N–H and O–H groups in total. The van der Waals surface area contributed by atoms with Crippen molar-refractivity contribution in [1.29, 1.82) is 0 Å². The van der Waals surface area contributed by atoms with E-state index in [2.05, 4.69) is 5.32 Å². The van der Waals surface area contributed by atoms with Crippen LogP contribution in [0, 0.1) is 5.92 Å². The van der Waals surface area contributed by atoms with Crippen molar-refractivity contribution in [2.45, 2.75) is 19.0 Å². The van der Waals surface area contributed by atoms with E-state index in [9.17, 15) is 18.0 Å². The lowest BCUT2D eigenvalue weighted by molar-refractivity contribution is -0.141. The molecule has 1 heterocycles. The minimum atomic E-state index is -4.41. The van der Waals surface area contributed by atoms with Crippen LogP contribution < -0.4 is 5.32 Å². The number of carboxylic acid groups (broad SMARTS) is 1. The molecule has 3 nitrogen and oxygen atoms in total. The Morgan fingerprint density at radius 1 is 1.50 bits per heavy atom. The number of nitrogens with one attached hydrogen (secondary N) is 1. The zero-order valence-electron chi connectivity index (χ0n) is 9.58. The van der Waals surface area contributed by atoms with E-state index in [1.807, 2.05) is 0 Å². The van der Waals surface area contributed by atoms with E-state index in [1.165, 1.54) is 13.0 Å². The number of halogens is 3. The van der Waals surface area contributed by atoms with E-state index in [0.29, 0.717) is 17.8 Å². The lowest BCUT2D eigenvalue weighted by Gasteiger charge is -2.16. The zero-order chi connectivity index (χ0) is 13.5. The number of anilines is 1. The predicted octanol–water partition coefficient (Wildman–Crippen LogP) is 2.94. The van der Waals surface area contributed by atoms with Crippen LogP contribution in [0.25, 0.3) is 0 Å². The highest BCUT2D eigenvalue weighted by Crippen LogP contribution is 2.40. The first-order chi connectivity index (χ1) is 8.30. The molecule has 0 saturated heterocycles. The van der Waals surface area contributed by atoms with Crippen molar-refractivity contribution in [3.63, 3.8) is 0 Å². The Morgan fingerprint density at radius 2 is 2.17 bits per heavy atom. The van der Waals surface area contributed by atoms with E-state index in [0.717, 1.165) is 12.1 Å². The maximum Gasteiger partial charge on any atom is 0.416 e. The molecule has 0 bridgehead atoms. The van der Waals surface area contributed by atoms with Crippen molar-refractivity contribution in [2.75, 3.05) is 11.9 Å². The summed E-state index contributed by atoms with van der Waals surface area (Å²) in [7, 11) is 0. The summed E-state index contributed by atoms with van der Waals surface area (Å²) < 4.78 is 37.8. The maximum absolute atomic E-state index is 12.6. The van der Waals surface area contributed by atoms with Crippen molar-refractivity contribution in [3.05, 3.63) is 29.3 Å². The van der Waals surface area contributed by atoms with Crippen molar-refractivity contribution in [2.24, 2.45) is 5.92 Å². The number of benzene rings is 1. The molecule has 6 heteroatoms. The smallest absolute Gasteiger partial charge is 0.416 e. The van der Waals surface area contributed by atoms with Crippen LogP contribution >= 0.6 is 0 Å². The van der Waals surface area contributed by atoms with Gasteiger partial charge in [0.2, 0.25) is 0 Å². The molecule has 18 heavy (non-hydrogen) atoms. The second-order valence-electron chi connectivity index (χ2n) is 4.41. The second-order valence-corrected chi connectivity index (χ2v) is 4.41. The Balaban J connectivity index is 2.39. The number of hydrogen-bond acceptors (Lipinski definition) is 2. The first-order valence-corrected chi connectivity index (χ1v) is 5.48. The Kier molecular flexibility index (Phi) is 2.96. The summed E-state index contributed by atoms with van der Waals surface area (Å²) in [5, 5.41) is 11.9. The number of carboxylic acids is 1. The van der Waals surface area contributed by atoms with Crippen LogP contribution in [0.2, 0.25) is 0 Å². The minimum absolute atomic E-state index is 0.351. The van der Waals surface area contributed by atoms with Crippen LogP contribution in [0.5, 0.6) is 0 Å². The zero-order valence-corrected chi connectivity index (χ0v) is 9.58. The fourth-order valence-electron chi connectivity index (χ4n) is 2.15. The van der Waals surface area contributed by atoms with E-state index in [4.69, 9.17) is 5.11 Å². The number of aliphatic carboxylic acids is 1. The summed E-state index contributed by atoms with van der Waals surface area (Å²) in [6.45, 7) is 1.86. The molecule has 1 aromatic rings. The Bertz CT molecular complexity index is 485. The highest BCUT2D eigenvalue weighted by atomic mass is 19.4. The molecule has 0 radical (unpaired) electrons. The van der Waals surface area contributed by atoms with Crippen LogP contribution in [-0.4, -0.2) is 17.6 Å². The van der Waals surface area contributed by atoms with Gasteiger partial charge in [-0.1, -0.05) is 6.92 Å². The molecule has 2 atom stereocenters. The van der Waals surface area contributed by atoms with Gasteiger partial charge in [0.05, 0.1) is 11.5 Å². The molecule has 0 amide bonds. The highest BCUT2D eigenvalue weighted by Gasteiger charge is 2.35. The molecule has 1 aromatic carbocycles. The van der Waals surface area contributed by atoms with Gasteiger partial charge in [-0.15, -0.1) is 0 Å². The predicted molar refractivity (Wildman–Crippen MR) is 59.5 cm³/mol. The van der Waals surface area contributed by atoms with E-state index < -0.39 is 29.5 Å². The van der Waals surface area contributed by atoms with Crippen LogP contribution in [0.3, 0.4) is 0 Å². The molecule has 98 valence electrons. The van der Waals surface area contributed by atoms with Crippen molar-refractivity contribution >= 4 is 11.7 Å². The maximum atomic E-state index is 12.6. The Morgan fingerprint density at radius 3 is 2.72 bits per heavy atom. The van der Waals surface area contributed by atoms with Crippen LogP contribution in [0.15, 0.2) is 18.2 Å². The van der Waals surface area contributed by atoms with Gasteiger partial charge in [-0.3, -0.25) is 4.79 Å². The van der Waals surface area contributed by atoms with Crippen molar-refractivity contribution < 1.29 is 23.1 Å². The quantitative estimate of drug-likeness (QED) is 0.858. The summed E-state index contributed by atoms with van der Waals surface area (Å²) in [4.78, 5) is 10.9. The number of alkyl halides is 3. The third kappa shape index (κ3) is 2.14. The van der Waals surface area contributed by atoms with Gasteiger partial charge in [0, 0.05) is 18.2 Å². The fourth-order valence-corrected chi connectivity index (χ4v) is 2.15. The second kappa shape index (κ2) is 4.19. The average molecular weight is 259 g/mol. The lowest BCUT2D eigenvalue weighted by atomic mass is 9.88. The molecule has 2 rings (SSSR count). The lowest BCUT2D eigenvalue weighted by Crippen LogP contribution is -2.20. The monoisotopic (exact) mass is 259 g/mol. The van der Waals surface area contributed by atoms with Crippen molar-refractivity contribution in [1.82, 2.24) is 0 Å². The van der Waals surface area contributed by atoms with Gasteiger partial charge < -0.3 is 10.4 Å². The molecule has 1 aliphatic rings. The van der Waals surface area contributed by atoms with Gasteiger partial charge in [-0.2, -0.15) is 13.2 Å². The largest absolute Gasteiger partial charge is 0.481 e. The van der Waals surface area contributed by atoms with Crippen molar-refractivity contribution in [3.8, 4) is 0 Å². The minimum Gasteiger partial charge on any atom is -0.481 e. The molecule has 0 aromatic heterocycles. The summed E-state index contributed by atoms with van der Waals surface area (Å²) in [6.07, 6.45) is -4.41. The van der Waals surface area contributed by atoms with Crippen LogP contribution in [0.1, 0.15) is 24.0 Å². The van der Waals surface area contributed by atoms with E-state index >= 15 is 0 Å². The molecule has 0 aliphatic carbocycles. The molecule has 0 saturated carbocycles. The third-order valence-corrected chi connectivity index (χ3v) is 3.28. The fraction of sp³-hybridized carbons (Fsp3) is 0.417. The number of carbonyl (C=O) groups is 1. The molecular weight excluding hydrogens is 247 g/mol. The van der Waals surface area contributed by atoms with E-state index in [1.54, 1.807) is 0 Å². The SMILES string of the molecule is CC(C(=O)O)C1CNc2ccc(C(F)(F)F)cc21. The average Bonchev–Trinajstić information content (AvgIpc) is 2.69. The van der Waals surface area contributed by atoms with Gasteiger partial charge in [-0.25, -0.2) is 0 Å². The van der Waals surface area contributed by atoms with Gasteiger partial charge in [-0.05, 0) is 23.8 Å². The normalized spacial score (nSPS) is 20.1. The molecule has 0 spiro atoms. The van der Waals surface area contributed by atoms with E-state index in [-0.39, 0.29) is 0 Å². The van der Waals surface area contributed by atoms with Gasteiger partial charge in [0.25, 0.3) is 0 Å². The van der Waals surface area contributed by atoms with Crippen LogP contribution in [-0.2, 0) is 11.0 Å². The summed E-state index contributed by atoms with van der Waals surface area (Å²) in [6, 6.07) is 3.39. The first-order valence-electron chi connectivity index (χ1n) is 5.48. The topological polar surface area (TPSA) is 49.3 Å². The van der Waals surface area contributed by atoms with Gasteiger partial charge in [0.15, 0.2) is 0 Å². The molecule has 2 unspecified atom stereocenters.